The standard InChI is InChI=1S/C26H37N3O3/c1-19(2)20-6-8-21(9-7-20)26(30,25(3)17-28(4)18-25)22-12-23(14-27-13-22)29-10-11-32-24(15-29)16-31-5/h6-9,12-14,19,24,30H,10-11,15-18H2,1-5H3/t24-,26?/m1/s1. The second-order valence-corrected chi connectivity index (χ2v) is 10.0. The van der Waals surface area contributed by atoms with Crippen LogP contribution in [0.1, 0.15) is 43.4 Å². The Balaban J connectivity index is 1.71. The first-order valence-electron chi connectivity index (χ1n) is 11.6. The summed E-state index contributed by atoms with van der Waals surface area (Å²) in [5, 5.41) is 12.4. The third kappa shape index (κ3) is 4.17. The van der Waals surface area contributed by atoms with Crippen LogP contribution in [0.2, 0.25) is 0 Å². The summed E-state index contributed by atoms with van der Waals surface area (Å²) in [5.74, 6) is 0.453. The lowest BCUT2D eigenvalue weighted by Crippen LogP contribution is -2.63. The second kappa shape index (κ2) is 9.10. The van der Waals surface area contributed by atoms with Crippen molar-refractivity contribution in [1.82, 2.24) is 9.88 Å². The lowest BCUT2D eigenvalue weighted by atomic mass is 9.62. The van der Waals surface area contributed by atoms with Gasteiger partial charge in [0.05, 0.1) is 31.2 Å². The summed E-state index contributed by atoms with van der Waals surface area (Å²) in [6.45, 7) is 11.0. The molecule has 1 unspecified atom stereocenters. The van der Waals surface area contributed by atoms with Gasteiger partial charge in [0.15, 0.2) is 0 Å². The van der Waals surface area contributed by atoms with Gasteiger partial charge in [0.2, 0.25) is 0 Å². The van der Waals surface area contributed by atoms with E-state index in [1.54, 1.807) is 7.11 Å². The molecule has 6 heteroatoms. The van der Waals surface area contributed by atoms with Crippen molar-refractivity contribution in [2.24, 2.45) is 5.41 Å². The molecule has 1 N–H and O–H groups in total. The van der Waals surface area contributed by atoms with E-state index in [4.69, 9.17) is 9.47 Å². The zero-order chi connectivity index (χ0) is 22.9. The molecule has 6 nitrogen and oxygen atoms in total. The van der Waals surface area contributed by atoms with Gasteiger partial charge in [-0.15, -0.1) is 0 Å². The van der Waals surface area contributed by atoms with Crippen molar-refractivity contribution >= 4 is 5.69 Å². The molecule has 1 aromatic heterocycles. The minimum atomic E-state index is -1.13. The Hall–Kier alpha value is -1.99. The zero-order valence-electron chi connectivity index (χ0n) is 20.0. The predicted molar refractivity (Wildman–Crippen MR) is 127 cm³/mol. The van der Waals surface area contributed by atoms with E-state index in [1.807, 2.05) is 12.4 Å². The highest BCUT2D eigenvalue weighted by Gasteiger charge is 2.55. The largest absolute Gasteiger partial charge is 0.382 e. The normalized spacial score (nSPS) is 23.1. The summed E-state index contributed by atoms with van der Waals surface area (Å²) in [4.78, 5) is 9.10. The van der Waals surface area contributed by atoms with Crippen molar-refractivity contribution < 1.29 is 14.6 Å². The van der Waals surface area contributed by atoms with Crippen LogP contribution >= 0.6 is 0 Å². The van der Waals surface area contributed by atoms with Crippen LogP contribution in [0.4, 0.5) is 5.69 Å². The minimum absolute atomic E-state index is 0.0395. The molecular weight excluding hydrogens is 402 g/mol. The molecule has 1 aromatic carbocycles. The van der Waals surface area contributed by atoms with Crippen molar-refractivity contribution in [2.45, 2.75) is 38.4 Å². The lowest BCUT2D eigenvalue weighted by molar-refractivity contribution is -0.127. The number of aliphatic hydroxyl groups is 1. The van der Waals surface area contributed by atoms with Gasteiger partial charge >= 0.3 is 0 Å². The molecule has 2 saturated heterocycles. The molecule has 0 radical (unpaired) electrons. The average Bonchev–Trinajstić information content (AvgIpc) is 2.78. The van der Waals surface area contributed by atoms with Crippen LogP contribution in [0.3, 0.4) is 0 Å². The maximum absolute atomic E-state index is 12.4. The highest BCUT2D eigenvalue weighted by atomic mass is 16.5. The van der Waals surface area contributed by atoms with Gasteiger partial charge in [-0.25, -0.2) is 0 Å². The van der Waals surface area contributed by atoms with Gasteiger partial charge in [0.1, 0.15) is 5.60 Å². The maximum Gasteiger partial charge on any atom is 0.124 e. The number of likely N-dealkylation sites (tertiary alicyclic amines) is 1. The number of aromatic nitrogens is 1. The summed E-state index contributed by atoms with van der Waals surface area (Å²) in [6, 6.07) is 10.6. The third-order valence-corrected chi connectivity index (χ3v) is 7.10. The number of methoxy groups -OCH3 is 1. The fraction of sp³-hybridized carbons (Fsp3) is 0.577. The van der Waals surface area contributed by atoms with E-state index >= 15 is 0 Å². The van der Waals surface area contributed by atoms with E-state index in [-0.39, 0.29) is 11.5 Å². The molecular formula is C26H37N3O3. The van der Waals surface area contributed by atoms with Gasteiger partial charge in [-0.3, -0.25) is 4.98 Å². The molecule has 0 aliphatic carbocycles. The maximum atomic E-state index is 12.4. The van der Waals surface area contributed by atoms with Crippen LogP contribution in [-0.4, -0.2) is 74.6 Å². The number of hydrogen-bond donors (Lipinski definition) is 1. The third-order valence-electron chi connectivity index (χ3n) is 7.10. The number of ether oxygens (including phenoxy) is 2. The van der Waals surface area contributed by atoms with Gasteiger partial charge in [-0.2, -0.15) is 0 Å². The van der Waals surface area contributed by atoms with Crippen molar-refractivity contribution in [3.05, 3.63) is 59.4 Å². The molecule has 0 amide bonds. The van der Waals surface area contributed by atoms with Crippen LogP contribution in [0, 0.1) is 5.41 Å². The van der Waals surface area contributed by atoms with Crippen molar-refractivity contribution in [3.63, 3.8) is 0 Å². The fourth-order valence-corrected chi connectivity index (χ4v) is 5.39. The predicted octanol–water partition coefficient (Wildman–Crippen LogP) is 3.24. The highest BCUT2D eigenvalue weighted by molar-refractivity contribution is 5.51. The van der Waals surface area contributed by atoms with Gasteiger partial charge in [-0.05, 0) is 30.2 Å². The van der Waals surface area contributed by atoms with Crippen molar-refractivity contribution in [1.29, 1.82) is 0 Å². The fourth-order valence-electron chi connectivity index (χ4n) is 5.39. The summed E-state index contributed by atoms with van der Waals surface area (Å²) in [6.07, 6.45) is 3.75. The summed E-state index contributed by atoms with van der Waals surface area (Å²) in [7, 11) is 3.80. The van der Waals surface area contributed by atoms with Gasteiger partial charge in [-0.1, -0.05) is 45.0 Å². The Bertz CT molecular complexity index is 909. The number of hydrogen-bond acceptors (Lipinski definition) is 6. The average molecular weight is 440 g/mol. The molecule has 2 aliphatic rings. The number of nitrogens with zero attached hydrogens (tertiary/aromatic N) is 3. The van der Waals surface area contributed by atoms with E-state index in [2.05, 4.69) is 72.9 Å². The molecule has 2 aromatic rings. The molecule has 174 valence electrons. The number of morpholine rings is 1. The first-order valence-corrected chi connectivity index (χ1v) is 11.6. The molecule has 2 aliphatic heterocycles. The van der Waals surface area contributed by atoms with Crippen molar-refractivity contribution in [3.8, 4) is 0 Å². The Morgan fingerprint density at radius 2 is 1.94 bits per heavy atom. The Labute approximate surface area is 192 Å². The molecule has 32 heavy (non-hydrogen) atoms. The molecule has 0 spiro atoms. The van der Waals surface area contributed by atoms with Gasteiger partial charge in [0.25, 0.3) is 0 Å². The van der Waals surface area contributed by atoms with E-state index in [1.165, 1.54) is 5.56 Å². The molecule has 4 rings (SSSR count). The summed E-state index contributed by atoms with van der Waals surface area (Å²) < 4.78 is 11.1. The minimum Gasteiger partial charge on any atom is -0.382 e. The lowest BCUT2D eigenvalue weighted by Gasteiger charge is -2.56. The first kappa shape index (κ1) is 23.2. The Kier molecular flexibility index (Phi) is 6.59. The Morgan fingerprint density at radius 1 is 1.22 bits per heavy atom. The smallest absolute Gasteiger partial charge is 0.124 e. The van der Waals surface area contributed by atoms with E-state index in [0.29, 0.717) is 19.1 Å². The molecule has 2 atom stereocenters. The monoisotopic (exact) mass is 439 g/mol. The van der Waals surface area contributed by atoms with E-state index in [9.17, 15) is 5.11 Å². The number of anilines is 1. The van der Waals surface area contributed by atoms with Crippen LogP contribution in [0.5, 0.6) is 0 Å². The number of pyridine rings is 1. The van der Waals surface area contributed by atoms with Gasteiger partial charge in [0, 0.05) is 50.5 Å². The highest BCUT2D eigenvalue weighted by Crippen LogP contribution is 2.50. The van der Waals surface area contributed by atoms with Crippen LogP contribution in [0.25, 0.3) is 0 Å². The summed E-state index contributed by atoms with van der Waals surface area (Å²) in [5.41, 5.74) is 2.63. The van der Waals surface area contributed by atoms with Crippen LogP contribution in [-0.2, 0) is 15.1 Å². The summed E-state index contributed by atoms with van der Waals surface area (Å²) >= 11 is 0. The first-order chi connectivity index (χ1) is 15.3. The number of rotatable bonds is 7. The van der Waals surface area contributed by atoms with Crippen LogP contribution in [0.15, 0.2) is 42.7 Å². The zero-order valence-corrected chi connectivity index (χ0v) is 20.0. The van der Waals surface area contributed by atoms with E-state index < -0.39 is 5.60 Å². The Morgan fingerprint density at radius 3 is 2.56 bits per heavy atom. The topological polar surface area (TPSA) is 58.1 Å². The molecule has 0 saturated carbocycles. The number of benzene rings is 1. The second-order valence-electron chi connectivity index (χ2n) is 10.0. The molecule has 3 heterocycles. The SMILES string of the molecule is COC[C@H]1CN(c2cncc(C(O)(c3ccc(C(C)C)cc3)C3(C)CN(C)C3)c2)CCO1. The van der Waals surface area contributed by atoms with E-state index in [0.717, 1.165) is 43.0 Å². The molecule has 2 fully saturated rings. The quantitative estimate of drug-likeness (QED) is 0.715. The molecule has 0 bridgehead atoms. The van der Waals surface area contributed by atoms with Gasteiger partial charge < -0.3 is 24.4 Å². The van der Waals surface area contributed by atoms with Crippen molar-refractivity contribution in [2.75, 3.05) is 58.5 Å². The van der Waals surface area contributed by atoms with Crippen LogP contribution < -0.4 is 4.90 Å².